The largest absolute Gasteiger partial charge is 0.480 e. The first-order valence-corrected chi connectivity index (χ1v) is 12.6. The van der Waals surface area contributed by atoms with E-state index in [1.54, 1.807) is 12.1 Å². The Morgan fingerprint density at radius 2 is 1.73 bits per heavy atom. The summed E-state index contributed by atoms with van der Waals surface area (Å²) in [4.78, 5) is 26.7. The van der Waals surface area contributed by atoms with Crippen molar-refractivity contribution < 1.29 is 19.8 Å². The maximum absolute atomic E-state index is 13.5. The average molecular weight is 478 g/mol. The Kier molecular flexibility index (Phi) is 7.82. The van der Waals surface area contributed by atoms with Crippen molar-refractivity contribution in [1.82, 2.24) is 10.2 Å². The first-order chi connectivity index (χ1) is 15.9. The van der Waals surface area contributed by atoms with Crippen LogP contribution in [0.3, 0.4) is 0 Å². The lowest BCUT2D eigenvalue weighted by Gasteiger charge is -2.57. The number of rotatable bonds is 12. The molecule has 4 aliphatic carbocycles. The molecule has 0 saturated heterocycles. The van der Waals surface area contributed by atoms with Crippen LogP contribution in [0.15, 0.2) is 18.2 Å². The van der Waals surface area contributed by atoms with Gasteiger partial charge in [-0.15, -0.1) is 0 Å². The van der Waals surface area contributed by atoms with E-state index in [9.17, 15) is 14.7 Å². The summed E-state index contributed by atoms with van der Waals surface area (Å²) in [7, 11) is 0. The predicted molar refractivity (Wildman–Crippen MR) is 129 cm³/mol. The molecule has 0 heterocycles. The van der Waals surface area contributed by atoms with Crippen LogP contribution >= 0.6 is 11.6 Å². The summed E-state index contributed by atoms with van der Waals surface area (Å²) in [5, 5.41) is 25.2. The van der Waals surface area contributed by atoms with Crippen LogP contribution in [-0.2, 0) is 4.79 Å². The second-order valence-corrected chi connectivity index (χ2v) is 10.8. The minimum Gasteiger partial charge on any atom is -0.480 e. The number of aliphatic carboxylic acids is 1. The number of nitrogens with one attached hydrogen (secondary N) is 2. The zero-order valence-electron chi connectivity index (χ0n) is 19.2. The third kappa shape index (κ3) is 6.00. The molecule has 0 spiro atoms. The van der Waals surface area contributed by atoms with Crippen molar-refractivity contribution in [2.45, 2.75) is 44.9 Å². The number of benzene rings is 1. The van der Waals surface area contributed by atoms with Gasteiger partial charge in [-0.25, -0.2) is 0 Å². The summed E-state index contributed by atoms with van der Waals surface area (Å²) in [6.07, 6.45) is 7.97. The molecule has 0 aromatic heterocycles. The van der Waals surface area contributed by atoms with Crippen LogP contribution in [0.1, 0.15) is 55.3 Å². The average Bonchev–Trinajstić information content (AvgIpc) is 2.75. The summed E-state index contributed by atoms with van der Waals surface area (Å²) in [6.45, 7) is 2.50. The standard InChI is InChI=1S/C25H36ClN3O4/c26-22-3-2-20(28-6-5-27-4-1-7-30)11-21(22)24(33)29(15-23(31)32)16-25-12-17-8-18(13-25)10-19(9-17)14-25/h2-3,11,17-19,27-28,30H,1,4-10,12-16H2,(H,31,32). The third-order valence-corrected chi connectivity index (χ3v) is 7.97. The number of carbonyl (C=O) groups excluding carboxylic acids is 1. The molecule has 4 saturated carbocycles. The summed E-state index contributed by atoms with van der Waals surface area (Å²) in [6, 6.07) is 5.25. The van der Waals surface area contributed by atoms with Crippen LogP contribution in [-0.4, -0.2) is 66.3 Å². The minimum absolute atomic E-state index is 0.0580. The summed E-state index contributed by atoms with van der Waals surface area (Å²) < 4.78 is 0. The Bertz CT molecular complexity index is 827. The molecule has 1 aromatic rings. The first-order valence-electron chi connectivity index (χ1n) is 12.2. The SMILES string of the molecule is O=C(O)CN(CC12CC3CC(CC(C3)C1)C2)C(=O)c1cc(NCCNCCCO)ccc1Cl. The van der Waals surface area contributed by atoms with E-state index in [-0.39, 0.29) is 24.5 Å². The highest BCUT2D eigenvalue weighted by molar-refractivity contribution is 6.34. The van der Waals surface area contributed by atoms with Crippen molar-refractivity contribution in [3.63, 3.8) is 0 Å². The highest BCUT2D eigenvalue weighted by atomic mass is 35.5. The van der Waals surface area contributed by atoms with Crippen LogP contribution in [0.5, 0.6) is 0 Å². The number of carbonyl (C=O) groups is 2. The van der Waals surface area contributed by atoms with Crippen molar-refractivity contribution in [2.75, 3.05) is 44.6 Å². The van der Waals surface area contributed by atoms with Crippen molar-refractivity contribution in [3.8, 4) is 0 Å². The van der Waals surface area contributed by atoms with E-state index in [1.807, 2.05) is 6.07 Å². The van der Waals surface area contributed by atoms with Crippen LogP contribution in [0, 0.1) is 23.2 Å². The van der Waals surface area contributed by atoms with Gasteiger partial charge in [0.1, 0.15) is 6.54 Å². The molecule has 0 atom stereocenters. The molecule has 33 heavy (non-hydrogen) atoms. The number of aliphatic hydroxyl groups excluding tert-OH is 1. The highest BCUT2D eigenvalue weighted by Crippen LogP contribution is 2.60. The molecular formula is C25H36ClN3O4. The zero-order valence-corrected chi connectivity index (χ0v) is 19.9. The van der Waals surface area contributed by atoms with E-state index >= 15 is 0 Å². The summed E-state index contributed by atoms with van der Waals surface area (Å²) >= 11 is 6.41. The molecule has 4 bridgehead atoms. The van der Waals surface area contributed by atoms with Crippen molar-refractivity contribution in [3.05, 3.63) is 28.8 Å². The quantitative estimate of drug-likeness (QED) is 0.344. The minimum atomic E-state index is -0.993. The second kappa shape index (κ2) is 10.6. The number of halogens is 1. The fourth-order valence-electron chi connectivity index (χ4n) is 6.85. The van der Waals surface area contributed by atoms with Gasteiger partial charge in [0.2, 0.25) is 0 Å². The molecule has 0 unspecified atom stereocenters. The molecule has 4 fully saturated rings. The number of carboxylic acid groups (broad SMARTS) is 1. The monoisotopic (exact) mass is 477 g/mol. The summed E-state index contributed by atoms with van der Waals surface area (Å²) in [5.41, 5.74) is 1.18. The molecule has 1 amide bonds. The predicted octanol–water partition coefficient (Wildman–Crippen LogP) is 3.47. The highest BCUT2D eigenvalue weighted by Gasteiger charge is 2.51. The Morgan fingerprint density at radius 3 is 2.33 bits per heavy atom. The van der Waals surface area contributed by atoms with E-state index in [4.69, 9.17) is 16.7 Å². The zero-order chi connectivity index (χ0) is 23.4. The van der Waals surface area contributed by atoms with Gasteiger partial charge in [0.05, 0.1) is 10.6 Å². The lowest BCUT2D eigenvalue weighted by Crippen LogP contribution is -2.53. The number of nitrogens with zero attached hydrogens (tertiary/aromatic N) is 1. The molecule has 7 nitrogen and oxygen atoms in total. The van der Waals surface area contributed by atoms with Gasteiger partial charge >= 0.3 is 5.97 Å². The van der Waals surface area contributed by atoms with Gasteiger partial charge in [0, 0.05) is 31.9 Å². The second-order valence-electron chi connectivity index (χ2n) is 10.4. The maximum atomic E-state index is 13.5. The van der Waals surface area contributed by atoms with Crippen molar-refractivity contribution >= 4 is 29.2 Å². The maximum Gasteiger partial charge on any atom is 0.323 e. The van der Waals surface area contributed by atoms with E-state index < -0.39 is 5.97 Å². The van der Waals surface area contributed by atoms with Crippen molar-refractivity contribution in [2.24, 2.45) is 23.2 Å². The van der Waals surface area contributed by atoms with E-state index in [2.05, 4.69) is 10.6 Å². The summed E-state index contributed by atoms with van der Waals surface area (Å²) in [5.74, 6) is 0.913. The fourth-order valence-corrected chi connectivity index (χ4v) is 7.04. The van der Waals surface area contributed by atoms with E-state index in [1.165, 1.54) is 24.2 Å². The molecule has 8 heteroatoms. The van der Waals surface area contributed by atoms with Crippen LogP contribution < -0.4 is 10.6 Å². The topological polar surface area (TPSA) is 102 Å². The molecule has 0 radical (unpaired) electrons. The number of hydrogen-bond donors (Lipinski definition) is 4. The molecule has 4 aliphatic rings. The number of anilines is 1. The van der Waals surface area contributed by atoms with E-state index in [0.29, 0.717) is 30.1 Å². The van der Waals surface area contributed by atoms with Gasteiger partial charge in [-0.1, -0.05) is 11.6 Å². The van der Waals surface area contributed by atoms with Crippen LogP contribution in [0.25, 0.3) is 0 Å². The van der Waals surface area contributed by atoms with Gasteiger partial charge in [-0.05, 0) is 92.9 Å². The molecule has 5 rings (SSSR count). The Labute approximate surface area is 200 Å². The van der Waals surface area contributed by atoms with Gasteiger partial charge in [-0.2, -0.15) is 0 Å². The first kappa shape index (κ1) is 24.3. The molecule has 4 N–H and O–H groups in total. The molecular weight excluding hydrogens is 442 g/mol. The number of carboxylic acids is 1. The lowest BCUT2D eigenvalue weighted by atomic mass is 9.49. The van der Waals surface area contributed by atoms with E-state index in [0.717, 1.165) is 55.8 Å². The Hall–Kier alpha value is -1.83. The van der Waals surface area contributed by atoms with Crippen LogP contribution in [0.4, 0.5) is 5.69 Å². The lowest BCUT2D eigenvalue weighted by molar-refractivity contribution is -0.138. The smallest absolute Gasteiger partial charge is 0.323 e. The van der Waals surface area contributed by atoms with Gasteiger partial charge < -0.3 is 25.7 Å². The normalized spacial score (nSPS) is 27.5. The van der Waals surface area contributed by atoms with Gasteiger partial charge in [-0.3, -0.25) is 9.59 Å². The Morgan fingerprint density at radius 1 is 1.06 bits per heavy atom. The number of aliphatic hydroxyl groups is 1. The number of hydrogen-bond acceptors (Lipinski definition) is 5. The fraction of sp³-hybridized carbons (Fsp3) is 0.680. The molecule has 0 aliphatic heterocycles. The number of amides is 1. The van der Waals surface area contributed by atoms with Gasteiger partial charge in [0.15, 0.2) is 0 Å². The van der Waals surface area contributed by atoms with Crippen LogP contribution in [0.2, 0.25) is 5.02 Å². The molecule has 182 valence electrons. The Balaban J connectivity index is 1.45. The third-order valence-electron chi connectivity index (χ3n) is 7.64. The molecule has 1 aromatic carbocycles. The van der Waals surface area contributed by atoms with Crippen molar-refractivity contribution in [1.29, 1.82) is 0 Å². The van der Waals surface area contributed by atoms with Gasteiger partial charge in [0.25, 0.3) is 5.91 Å².